The van der Waals surface area contributed by atoms with Crippen molar-refractivity contribution in [1.82, 2.24) is 0 Å². The fourth-order valence-electron chi connectivity index (χ4n) is 4.25. The first-order valence-electron chi connectivity index (χ1n) is 12.3. The Labute approximate surface area is 224 Å². The van der Waals surface area contributed by atoms with E-state index in [0.717, 1.165) is 12.8 Å². The first-order valence-corrected chi connectivity index (χ1v) is 12.3. The molecule has 9 nitrogen and oxygen atoms in total. The average molecular weight is 532 g/mol. The third-order valence-electron chi connectivity index (χ3n) is 6.12. The van der Waals surface area contributed by atoms with Crippen LogP contribution < -0.4 is 10.6 Å². The van der Waals surface area contributed by atoms with Crippen LogP contribution in [-0.2, 0) is 20.9 Å². The molecule has 10 heteroatoms. The molecule has 0 radical (unpaired) electrons. The molecular weight excluding hydrogens is 505 g/mol. The Balaban J connectivity index is 1.65. The fraction of sp³-hybridized carbons (Fsp3) is 0.241. The van der Waals surface area contributed by atoms with Gasteiger partial charge in [0.2, 0.25) is 5.91 Å². The Morgan fingerprint density at radius 3 is 2.54 bits per heavy atom. The molecule has 1 unspecified atom stereocenters. The van der Waals surface area contributed by atoms with Gasteiger partial charge in [0.1, 0.15) is 5.82 Å². The van der Waals surface area contributed by atoms with Crippen LogP contribution in [0.2, 0.25) is 0 Å². The van der Waals surface area contributed by atoms with E-state index in [1.54, 1.807) is 24.3 Å². The van der Waals surface area contributed by atoms with Crippen molar-refractivity contribution in [1.29, 1.82) is 5.26 Å². The molecule has 39 heavy (non-hydrogen) atoms. The summed E-state index contributed by atoms with van der Waals surface area (Å²) in [5.74, 6) is -1.75. The number of hydrogen-bond donors (Lipinski definition) is 3. The summed E-state index contributed by atoms with van der Waals surface area (Å²) in [6.45, 7) is 0.575. The minimum absolute atomic E-state index is 0.00454. The number of ketones is 1. The van der Waals surface area contributed by atoms with Crippen LogP contribution in [0.3, 0.4) is 0 Å². The summed E-state index contributed by atoms with van der Waals surface area (Å²) in [5, 5.41) is 23.3. The van der Waals surface area contributed by atoms with Crippen molar-refractivity contribution in [3.05, 3.63) is 83.2 Å². The van der Waals surface area contributed by atoms with Gasteiger partial charge in [-0.15, -0.1) is 0 Å². The Kier molecular flexibility index (Phi) is 8.99. The van der Waals surface area contributed by atoms with Crippen molar-refractivity contribution in [3.63, 3.8) is 0 Å². The number of halogens is 1. The molecular formula is C29H26FN3O6. The molecule has 3 aromatic carbocycles. The van der Waals surface area contributed by atoms with Crippen LogP contribution in [0.25, 0.3) is 11.1 Å². The van der Waals surface area contributed by atoms with E-state index in [1.807, 2.05) is 6.07 Å². The van der Waals surface area contributed by atoms with E-state index in [-0.39, 0.29) is 34.7 Å². The lowest BCUT2D eigenvalue weighted by Crippen LogP contribution is -2.22. The van der Waals surface area contributed by atoms with Gasteiger partial charge in [-0.25, -0.2) is 9.18 Å². The standard InChI is InChI=1S/C29H26FN3O6/c30-23-9-2-1-8-21(23)22-14-25(32-27(35)15-26(34)19-7-5-6-18(12-19)16-31)24(33-29(36)37)13-20(22)17-39-28-10-3-4-11-38-28/h1-2,5-9,12-14,28,33H,3-4,10-11,15,17H2,(H,32,35)(H,36,37). The van der Waals surface area contributed by atoms with Gasteiger partial charge in [0.25, 0.3) is 0 Å². The van der Waals surface area contributed by atoms with Gasteiger partial charge in [-0.05, 0) is 60.7 Å². The van der Waals surface area contributed by atoms with Crippen molar-refractivity contribution < 1.29 is 33.4 Å². The number of carboxylic acid groups (broad SMARTS) is 1. The van der Waals surface area contributed by atoms with Crippen molar-refractivity contribution >= 4 is 29.2 Å². The molecule has 3 N–H and O–H groups in total. The normalized spacial score (nSPS) is 14.7. The molecule has 0 spiro atoms. The van der Waals surface area contributed by atoms with Gasteiger partial charge < -0.3 is 19.9 Å². The highest BCUT2D eigenvalue weighted by atomic mass is 19.1. The van der Waals surface area contributed by atoms with E-state index in [1.165, 1.54) is 36.4 Å². The van der Waals surface area contributed by atoms with Gasteiger partial charge in [0.15, 0.2) is 12.1 Å². The number of carbonyl (C=O) groups is 3. The van der Waals surface area contributed by atoms with Crippen molar-refractivity contribution in [2.45, 2.75) is 38.6 Å². The van der Waals surface area contributed by atoms with Crippen LogP contribution in [0, 0.1) is 17.1 Å². The number of hydrogen-bond acceptors (Lipinski definition) is 6. The molecule has 1 saturated heterocycles. The molecule has 1 heterocycles. The van der Waals surface area contributed by atoms with Crippen molar-refractivity contribution in [3.8, 4) is 17.2 Å². The maximum atomic E-state index is 14.8. The quantitative estimate of drug-likeness (QED) is 0.238. The molecule has 1 aliphatic heterocycles. The van der Waals surface area contributed by atoms with Crippen LogP contribution in [0.4, 0.5) is 20.6 Å². The number of Topliss-reactive ketones (excluding diaryl/α,β-unsaturated/α-hetero) is 1. The average Bonchev–Trinajstić information content (AvgIpc) is 2.93. The molecule has 1 aliphatic rings. The van der Waals surface area contributed by atoms with Crippen LogP contribution in [0.5, 0.6) is 0 Å². The first kappa shape index (κ1) is 27.4. The van der Waals surface area contributed by atoms with E-state index in [4.69, 9.17) is 14.7 Å². The largest absolute Gasteiger partial charge is 0.465 e. The topological polar surface area (TPSA) is 138 Å². The maximum absolute atomic E-state index is 14.8. The highest BCUT2D eigenvalue weighted by Crippen LogP contribution is 2.35. The van der Waals surface area contributed by atoms with Gasteiger partial charge in [-0.1, -0.05) is 30.3 Å². The zero-order chi connectivity index (χ0) is 27.8. The lowest BCUT2D eigenvalue weighted by Gasteiger charge is -2.24. The number of nitrogens with zero attached hydrogens (tertiary/aromatic N) is 1. The highest BCUT2D eigenvalue weighted by molar-refractivity contribution is 6.12. The molecule has 0 saturated carbocycles. The zero-order valence-corrected chi connectivity index (χ0v) is 20.9. The second-order valence-electron chi connectivity index (χ2n) is 8.91. The Hall–Kier alpha value is -4.59. The number of nitriles is 1. The number of amides is 2. The monoisotopic (exact) mass is 531 g/mol. The van der Waals surface area contributed by atoms with Crippen LogP contribution in [0.15, 0.2) is 60.7 Å². The molecule has 1 atom stereocenters. The molecule has 2 amide bonds. The summed E-state index contributed by atoms with van der Waals surface area (Å²) in [5.41, 5.74) is 1.61. The molecule has 4 rings (SSSR count). The van der Waals surface area contributed by atoms with Gasteiger partial charge in [-0.2, -0.15) is 5.26 Å². The Morgan fingerprint density at radius 2 is 1.82 bits per heavy atom. The highest BCUT2D eigenvalue weighted by Gasteiger charge is 2.21. The summed E-state index contributed by atoms with van der Waals surface area (Å²) in [7, 11) is 0. The third kappa shape index (κ3) is 7.25. The van der Waals surface area contributed by atoms with Gasteiger partial charge in [0.05, 0.1) is 36.0 Å². The summed E-state index contributed by atoms with van der Waals surface area (Å²) in [6, 6.07) is 16.9. The fourth-order valence-corrected chi connectivity index (χ4v) is 4.25. The van der Waals surface area contributed by atoms with E-state index < -0.39 is 36.3 Å². The number of rotatable bonds is 9. The number of nitrogens with one attached hydrogen (secondary N) is 2. The Bertz CT molecular complexity index is 1430. The molecule has 0 aromatic heterocycles. The number of carbonyl (C=O) groups excluding carboxylic acids is 2. The summed E-state index contributed by atoms with van der Waals surface area (Å²) in [6.07, 6.45) is 0.216. The predicted molar refractivity (Wildman–Crippen MR) is 141 cm³/mol. The summed E-state index contributed by atoms with van der Waals surface area (Å²) in [4.78, 5) is 37.0. The smallest absolute Gasteiger partial charge is 0.409 e. The van der Waals surface area contributed by atoms with E-state index in [2.05, 4.69) is 10.6 Å². The van der Waals surface area contributed by atoms with Gasteiger partial charge in [0, 0.05) is 17.7 Å². The molecule has 1 fully saturated rings. The predicted octanol–water partition coefficient (Wildman–Crippen LogP) is 5.71. The number of ether oxygens (including phenoxy) is 2. The number of anilines is 2. The van der Waals surface area contributed by atoms with E-state index >= 15 is 0 Å². The minimum atomic E-state index is -1.38. The first-order chi connectivity index (χ1) is 18.8. The van der Waals surface area contributed by atoms with E-state index in [0.29, 0.717) is 24.2 Å². The summed E-state index contributed by atoms with van der Waals surface area (Å²) >= 11 is 0. The maximum Gasteiger partial charge on any atom is 0.409 e. The van der Waals surface area contributed by atoms with Crippen molar-refractivity contribution in [2.24, 2.45) is 0 Å². The number of benzene rings is 3. The second kappa shape index (κ2) is 12.8. The SMILES string of the molecule is N#Cc1cccc(C(=O)CC(=O)Nc2cc(-c3ccccc3F)c(COC3CCCCO3)cc2NC(=O)O)c1. The van der Waals surface area contributed by atoms with E-state index in [9.17, 15) is 23.9 Å². The third-order valence-corrected chi connectivity index (χ3v) is 6.12. The lowest BCUT2D eigenvalue weighted by atomic mass is 9.97. The van der Waals surface area contributed by atoms with Crippen LogP contribution in [0.1, 0.15) is 47.2 Å². The minimum Gasteiger partial charge on any atom is -0.465 e. The van der Waals surface area contributed by atoms with Crippen LogP contribution >= 0.6 is 0 Å². The molecule has 3 aromatic rings. The van der Waals surface area contributed by atoms with Crippen LogP contribution in [-0.4, -0.2) is 35.8 Å². The molecule has 200 valence electrons. The Morgan fingerprint density at radius 1 is 1.03 bits per heavy atom. The lowest BCUT2D eigenvalue weighted by molar-refractivity contribution is -0.168. The molecule has 0 aliphatic carbocycles. The van der Waals surface area contributed by atoms with Crippen molar-refractivity contribution in [2.75, 3.05) is 17.2 Å². The second-order valence-corrected chi connectivity index (χ2v) is 8.91. The summed E-state index contributed by atoms with van der Waals surface area (Å²) < 4.78 is 26.4. The van der Waals surface area contributed by atoms with Gasteiger partial charge >= 0.3 is 6.09 Å². The molecule has 0 bridgehead atoms. The zero-order valence-electron chi connectivity index (χ0n) is 20.9. The van der Waals surface area contributed by atoms with Gasteiger partial charge in [-0.3, -0.25) is 14.9 Å².